The first-order chi connectivity index (χ1) is 6.76. The molecule has 1 rings (SSSR count). The van der Waals surface area contributed by atoms with Gasteiger partial charge in [-0.3, -0.25) is 0 Å². The molecule has 0 amide bonds. The largest absolute Gasteiger partial charge is 0.455 e. The second-order valence-corrected chi connectivity index (χ2v) is 2.73. The van der Waals surface area contributed by atoms with Crippen LogP contribution in [-0.2, 0) is 0 Å². The lowest BCUT2D eigenvalue weighted by atomic mass is 10.3. The first kappa shape index (κ1) is 10.9. The summed E-state index contributed by atoms with van der Waals surface area (Å²) in [5.74, 6) is 0.577. The van der Waals surface area contributed by atoms with Gasteiger partial charge in [0.2, 0.25) is 0 Å². The molecule has 0 atom stereocenters. The van der Waals surface area contributed by atoms with Crippen molar-refractivity contribution in [2.24, 2.45) is 4.99 Å². The van der Waals surface area contributed by atoms with E-state index in [1.54, 1.807) is 31.2 Å². The summed E-state index contributed by atoms with van der Waals surface area (Å²) < 4.78 is 5.08. The minimum atomic E-state index is -0.00363. The van der Waals surface area contributed by atoms with Gasteiger partial charge in [0.1, 0.15) is 5.75 Å². The van der Waals surface area contributed by atoms with E-state index in [2.05, 4.69) is 22.4 Å². The molecule has 14 heavy (non-hydrogen) atoms. The van der Waals surface area contributed by atoms with Crippen LogP contribution in [0.25, 0.3) is 0 Å². The van der Waals surface area contributed by atoms with Crippen molar-refractivity contribution in [3.63, 3.8) is 0 Å². The van der Waals surface area contributed by atoms with E-state index < -0.39 is 0 Å². The first-order valence-corrected chi connectivity index (χ1v) is 4.57. The minimum Gasteiger partial charge on any atom is -0.455 e. The molecule has 0 heterocycles. The maximum Gasteiger partial charge on any atom is 0.273 e. The van der Waals surface area contributed by atoms with Crippen LogP contribution < -0.4 is 4.74 Å². The van der Waals surface area contributed by atoms with Crippen LogP contribution in [0, 0.1) is 6.29 Å². The van der Waals surface area contributed by atoms with Crippen molar-refractivity contribution in [2.45, 2.75) is 13.3 Å². The smallest absolute Gasteiger partial charge is 0.273 e. The molecule has 73 valence electrons. The lowest BCUT2D eigenvalue weighted by molar-refractivity contribution is 0.0963. The van der Waals surface area contributed by atoms with E-state index >= 15 is 0 Å². The van der Waals surface area contributed by atoms with Crippen molar-refractivity contribution in [1.82, 2.24) is 0 Å². The Morgan fingerprint density at radius 1 is 1.50 bits per heavy atom. The third-order valence-electron chi connectivity index (χ3n) is 1.55. The summed E-state index contributed by atoms with van der Waals surface area (Å²) in [5, 5.41) is 11.4. The third-order valence-corrected chi connectivity index (χ3v) is 1.64. The molecule has 0 fully saturated rings. The normalized spacial score (nSPS) is 9.64. The van der Waals surface area contributed by atoms with Crippen molar-refractivity contribution in [3.8, 4) is 5.75 Å². The monoisotopic (exact) mass is 208 g/mol. The summed E-state index contributed by atoms with van der Waals surface area (Å²) >= 11 is 4.46. The minimum absolute atomic E-state index is 0.00363. The van der Waals surface area contributed by atoms with E-state index in [0.29, 0.717) is 17.9 Å². The molecule has 4 heteroatoms. The van der Waals surface area contributed by atoms with Gasteiger partial charge in [-0.25, -0.2) is 0 Å². The van der Waals surface area contributed by atoms with Crippen molar-refractivity contribution in [1.29, 1.82) is 0 Å². The molecule has 3 nitrogen and oxygen atoms in total. The Bertz CT molecular complexity index is 330. The highest BCUT2D eigenvalue weighted by Gasteiger charge is 2.03. The van der Waals surface area contributed by atoms with Crippen LogP contribution in [0.3, 0.4) is 0 Å². The Morgan fingerprint density at radius 2 is 2.14 bits per heavy atom. The summed E-state index contributed by atoms with van der Waals surface area (Å²) in [5.41, 5.74) is 0.711. The van der Waals surface area contributed by atoms with E-state index in [0.717, 1.165) is 0 Å². The molecule has 0 aliphatic heterocycles. The molecule has 0 aliphatic carbocycles. The summed E-state index contributed by atoms with van der Waals surface area (Å²) in [6.45, 7) is 1.81. The zero-order chi connectivity index (χ0) is 10.4. The van der Waals surface area contributed by atoms with Crippen LogP contribution >= 0.6 is 12.2 Å². The molecule has 1 N–H and O–H groups in total. The van der Waals surface area contributed by atoms with Crippen LogP contribution in [-0.4, -0.2) is 10.3 Å². The summed E-state index contributed by atoms with van der Waals surface area (Å²) in [7, 11) is 0. The van der Waals surface area contributed by atoms with E-state index in [1.165, 1.54) is 0 Å². The lowest BCUT2D eigenvalue weighted by Crippen LogP contribution is -2.03. The number of hydrogen-bond acceptors (Lipinski definition) is 4. The van der Waals surface area contributed by atoms with E-state index in [4.69, 9.17) is 9.84 Å². The molecule has 1 aromatic rings. The van der Waals surface area contributed by atoms with Crippen LogP contribution in [0.4, 0.5) is 5.69 Å². The summed E-state index contributed by atoms with van der Waals surface area (Å²) in [4.78, 5) is 3.79. The number of hydrogen-bond donors (Lipinski definition) is 1. The number of isothiocyanates is 1. The highest BCUT2D eigenvalue weighted by Crippen LogP contribution is 2.20. The van der Waals surface area contributed by atoms with Crippen LogP contribution in [0.5, 0.6) is 5.75 Å². The molecule has 1 radical (unpaired) electrons. The maximum absolute atomic E-state index is 9.13. The fourth-order valence-corrected chi connectivity index (χ4v) is 0.955. The highest BCUT2D eigenvalue weighted by atomic mass is 32.1. The standard InChI is InChI=1S/C10H10NO2S/c1-2-10(12)13-9-5-3-8(4-6-9)11-7-14/h3-6,12H,2H2,1H3. The zero-order valence-corrected chi connectivity index (χ0v) is 8.54. The Balaban J connectivity index is 2.68. The van der Waals surface area contributed by atoms with Crippen molar-refractivity contribution in [2.75, 3.05) is 0 Å². The quantitative estimate of drug-likeness (QED) is 0.610. The van der Waals surface area contributed by atoms with Gasteiger partial charge in [-0.1, -0.05) is 6.92 Å². The molecular formula is C10H10NO2S. The second kappa shape index (κ2) is 5.50. The van der Waals surface area contributed by atoms with Gasteiger partial charge in [0.05, 0.1) is 10.8 Å². The van der Waals surface area contributed by atoms with E-state index in [1.807, 2.05) is 0 Å². The number of aliphatic hydroxyl groups is 1. The van der Waals surface area contributed by atoms with Gasteiger partial charge in [-0.05, 0) is 36.5 Å². The van der Waals surface area contributed by atoms with Crippen LogP contribution in [0.1, 0.15) is 13.3 Å². The van der Waals surface area contributed by atoms with Crippen LogP contribution in [0.2, 0.25) is 0 Å². The van der Waals surface area contributed by atoms with Gasteiger partial charge >= 0.3 is 0 Å². The molecule has 0 aliphatic rings. The highest BCUT2D eigenvalue weighted by molar-refractivity contribution is 7.78. The third kappa shape index (κ3) is 3.26. The Kier molecular flexibility index (Phi) is 4.26. The number of rotatable bonds is 4. The SMILES string of the molecule is CC[C](O)Oc1ccc(N=C=S)cc1. The topological polar surface area (TPSA) is 41.8 Å². The predicted molar refractivity (Wildman–Crippen MR) is 57.2 cm³/mol. The molecule has 0 aromatic heterocycles. The predicted octanol–water partition coefficient (Wildman–Crippen LogP) is 3.07. The van der Waals surface area contributed by atoms with E-state index in [9.17, 15) is 0 Å². The zero-order valence-electron chi connectivity index (χ0n) is 7.73. The lowest BCUT2D eigenvalue weighted by Gasteiger charge is -2.08. The number of aliphatic imine (C=N–C) groups is 1. The van der Waals surface area contributed by atoms with Gasteiger partial charge in [0.15, 0.2) is 0 Å². The molecule has 0 saturated carbocycles. The van der Waals surface area contributed by atoms with Gasteiger partial charge in [-0.15, -0.1) is 0 Å². The fraction of sp³-hybridized carbons (Fsp3) is 0.200. The molecular weight excluding hydrogens is 198 g/mol. The molecule has 0 unspecified atom stereocenters. The van der Waals surface area contributed by atoms with Gasteiger partial charge in [0.25, 0.3) is 6.29 Å². The van der Waals surface area contributed by atoms with E-state index in [-0.39, 0.29) is 6.29 Å². The van der Waals surface area contributed by atoms with Crippen molar-refractivity contribution in [3.05, 3.63) is 30.6 Å². The van der Waals surface area contributed by atoms with Crippen LogP contribution in [0.15, 0.2) is 29.3 Å². The summed E-state index contributed by atoms with van der Waals surface area (Å²) in [6, 6.07) is 6.88. The molecule has 1 aromatic carbocycles. The maximum atomic E-state index is 9.13. The molecule has 0 saturated heterocycles. The number of aliphatic hydroxyl groups excluding tert-OH is 1. The average molecular weight is 208 g/mol. The van der Waals surface area contributed by atoms with Gasteiger partial charge in [0, 0.05) is 6.42 Å². The molecule has 0 bridgehead atoms. The Hall–Kier alpha value is -1.22. The Morgan fingerprint density at radius 3 is 2.64 bits per heavy atom. The fourth-order valence-electron chi connectivity index (χ4n) is 0.850. The number of thiocarbonyl (C=S) groups is 1. The number of ether oxygens (including phenoxy) is 1. The van der Waals surface area contributed by atoms with Gasteiger partial charge in [-0.2, -0.15) is 4.99 Å². The van der Waals surface area contributed by atoms with Crippen molar-refractivity contribution < 1.29 is 9.84 Å². The number of benzene rings is 1. The Labute approximate surface area is 88.1 Å². The van der Waals surface area contributed by atoms with Crippen molar-refractivity contribution >= 4 is 23.1 Å². The number of nitrogens with zero attached hydrogens (tertiary/aromatic N) is 1. The first-order valence-electron chi connectivity index (χ1n) is 4.17. The second-order valence-electron chi connectivity index (χ2n) is 2.55. The summed E-state index contributed by atoms with van der Waals surface area (Å²) in [6.07, 6.45) is 0.468. The molecule has 0 spiro atoms. The van der Waals surface area contributed by atoms with Gasteiger partial charge < -0.3 is 9.84 Å². The average Bonchev–Trinajstić information content (AvgIpc) is 2.21.